The maximum atomic E-state index is 13.1. The Labute approximate surface area is 205 Å². The van der Waals surface area contributed by atoms with Gasteiger partial charge in [-0.2, -0.15) is 0 Å². The van der Waals surface area contributed by atoms with Crippen molar-refractivity contribution in [1.82, 2.24) is 0 Å². The molecule has 180 valence electrons. The van der Waals surface area contributed by atoms with Gasteiger partial charge in [0.05, 0.1) is 33.0 Å². The second-order valence-corrected chi connectivity index (χ2v) is 10.4. The Balaban J connectivity index is 2.17. The summed E-state index contributed by atoms with van der Waals surface area (Å²) in [5, 5.41) is 0.271. The normalized spacial score (nSPS) is 13.3. The molecule has 0 N–H and O–H groups in total. The highest BCUT2D eigenvalue weighted by Gasteiger charge is 2.22. The third-order valence-corrected chi connectivity index (χ3v) is 6.48. The number of benzene rings is 2. The van der Waals surface area contributed by atoms with Gasteiger partial charge in [-0.05, 0) is 64.1 Å². The highest BCUT2D eigenvalue weighted by Crippen LogP contribution is 2.34. The molecular weight excluding hydrogens is 487 g/mol. The number of halogens is 2. The van der Waals surface area contributed by atoms with Crippen LogP contribution in [-0.2, 0) is 19.3 Å². The van der Waals surface area contributed by atoms with Gasteiger partial charge in [-0.3, -0.25) is 0 Å². The van der Waals surface area contributed by atoms with E-state index in [0.29, 0.717) is 24.7 Å². The SMILES string of the molecule is C=C(C)COC(C)Oc1ccc(S(=O)(=O)c2ccc(OC(C)OCC(=C)C)c(Cl)c2)cc1Cl. The van der Waals surface area contributed by atoms with Crippen molar-refractivity contribution in [1.29, 1.82) is 0 Å². The molecule has 0 aromatic heterocycles. The van der Waals surface area contributed by atoms with Gasteiger partial charge in [0.2, 0.25) is 9.84 Å². The molecule has 2 atom stereocenters. The molecule has 0 aliphatic carbocycles. The average molecular weight is 515 g/mol. The maximum Gasteiger partial charge on any atom is 0.206 e. The molecule has 2 aromatic carbocycles. The van der Waals surface area contributed by atoms with Gasteiger partial charge in [-0.15, -0.1) is 0 Å². The van der Waals surface area contributed by atoms with Crippen LogP contribution in [-0.4, -0.2) is 34.2 Å². The van der Waals surface area contributed by atoms with Crippen molar-refractivity contribution in [2.75, 3.05) is 13.2 Å². The zero-order valence-corrected chi connectivity index (χ0v) is 21.4. The fourth-order valence-electron chi connectivity index (χ4n) is 2.57. The van der Waals surface area contributed by atoms with Crippen LogP contribution in [0.1, 0.15) is 27.7 Å². The second kappa shape index (κ2) is 11.9. The van der Waals surface area contributed by atoms with E-state index in [-0.39, 0.29) is 19.8 Å². The molecule has 0 saturated carbocycles. The molecule has 0 bridgehead atoms. The molecule has 0 saturated heterocycles. The first-order valence-corrected chi connectivity index (χ1v) is 12.3. The van der Waals surface area contributed by atoms with Crippen LogP contribution in [0.15, 0.2) is 70.5 Å². The Morgan fingerprint density at radius 1 is 0.818 bits per heavy atom. The molecule has 0 heterocycles. The van der Waals surface area contributed by atoms with Gasteiger partial charge in [0.25, 0.3) is 0 Å². The predicted molar refractivity (Wildman–Crippen MR) is 130 cm³/mol. The number of hydrogen-bond donors (Lipinski definition) is 0. The summed E-state index contributed by atoms with van der Waals surface area (Å²) in [6, 6.07) is 8.43. The largest absolute Gasteiger partial charge is 0.464 e. The molecule has 0 aliphatic heterocycles. The van der Waals surface area contributed by atoms with Gasteiger partial charge in [0.15, 0.2) is 12.6 Å². The van der Waals surface area contributed by atoms with Crippen LogP contribution in [0.25, 0.3) is 0 Å². The molecule has 0 aliphatic rings. The lowest BCUT2D eigenvalue weighted by atomic mass is 10.3. The zero-order chi connectivity index (χ0) is 24.8. The van der Waals surface area contributed by atoms with E-state index in [4.69, 9.17) is 42.1 Å². The Morgan fingerprint density at radius 3 is 1.48 bits per heavy atom. The molecule has 0 spiro atoms. The van der Waals surface area contributed by atoms with E-state index >= 15 is 0 Å². The van der Waals surface area contributed by atoms with Gasteiger partial charge in [-0.1, -0.05) is 47.5 Å². The van der Waals surface area contributed by atoms with Gasteiger partial charge in [0.1, 0.15) is 11.5 Å². The summed E-state index contributed by atoms with van der Waals surface area (Å²) in [6.45, 7) is 15.3. The molecule has 33 heavy (non-hydrogen) atoms. The third-order valence-electron chi connectivity index (χ3n) is 4.14. The molecular formula is C24H28Cl2O6S. The molecule has 6 nitrogen and oxygen atoms in total. The predicted octanol–water partition coefficient (Wildman–Crippen LogP) is 6.46. The summed E-state index contributed by atoms with van der Waals surface area (Å²) < 4.78 is 48.4. The molecule has 0 fully saturated rings. The fraction of sp³-hybridized carbons (Fsp3) is 0.333. The third kappa shape index (κ3) is 8.05. The van der Waals surface area contributed by atoms with E-state index in [9.17, 15) is 8.42 Å². The van der Waals surface area contributed by atoms with Crippen LogP contribution in [0.4, 0.5) is 0 Å². The van der Waals surface area contributed by atoms with Gasteiger partial charge in [0, 0.05) is 0 Å². The standard InChI is InChI=1S/C24H28Cl2O6S/c1-15(2)13-29-17(5)31-23-9-7-19(11-21(23)25)33(27,28)20-8-10-24(22(26)12-20)32-18(6)30-14-16(3)4/h7-12,17-18H,1,3,13-14H2,2,4-6H3. The van der Waals surface area contributed by atoms with E-state index in [2.05, 4.69) is 13.2 Å². The van der Waals surface area contributed by atoms with Gasteiger partial charge >= 0.3 is 0 Å². The van der Waals surface area contributed by atoms with Crippen LogP contribution >= 0.6 is 23.2 Å². The average Bonchev–Trinajstić information content (AvgIpc) is 2.73. The Hall–Kier alpha value is -2.03. The minimum atomic E-state index is -3.88. The lowest BCUT2D eigenvalue weighted by Gasteiger charge is -2.17. The smallest absolute Gasteiger partial charge is 0.206 e. The summed E-state index contributed by atoms with van der Waals surface area (Å²) in [5.41, 5.74) is 1.70. The minimum absolute atomic E-state index is 0.00162. The van der Waals surface area contributed by atoms with Gasteiger partial charge < -0.3 is 18.9 Å². The van der Waals surface area contributed by atoms with Crippen LogP contribution < -0.4 is 9.47 Å². The number of ether oxygens (including phenoxy) is 4. The van der Waals surface area contributed by atoms with Crippen molar-refractivity contribution in [2.24, 2.45) is 0 Å². The molecule has 0 radical (unpaired) electrons. The van der Waals surface area contributed by atoms with E-state index in [1.807, 2.05) is 13.8 Å². The first-order valence-electron chi connectivity index (χ1n) is 10.1. The molecule has 2 unspecified atom stereocenters. The Morgan fingerprint density at radius 2 is 1.18 bits per heavy atom. The summed E-state index contributed by atoms with van der Waals surface area (Å²) in [7, 11) is -3.88. The second-order valence-electron chi connectivity index (χ2n) is 7.60. The Kier molecular flexibility index (Phi) is 9.82. The van der Waals surface area contributed by atoms with Crippen molar-refractivity contribution in [2.45, 2.75) is 50.1 Å². The first kappa shape index (κ1) is 27.2. The molecule has 0 amide bonds. The zero-order valence-electron chi connectivity index (χ0n) is 19.1. The van der Waals surface area contributed by atoms with Crippen molar-refractivity contribution in [3.8, 4) is 11.5 Å². The fourth-order valence-corrected chi connectivity index (χ4v) is 4.46. The molecule has 2 aromatic rings. The quantitative estimate of drug-likeness (QED) is 0.239. The van der Waals surface area contributed by atoms with Crippen LogP contribution in [0.3, 0.4) is 0 Å². The van der Waals surface area contributed by atoms with Crippen LogP contribution in [0, 0.1) is 0 Å². The highest BCUT2D eigenvalue weighted by molar-refractivity contribution is 7.91. The topological polar surface area (TPSA) is 71.1 Å². The maximum absolute atomic E-state index is 13.1. The summed E-state index contributed by atoms with van der Waals surface area (Å²) in [6.07, 6.45) is -1.18. The van der Waals surface area contributed by atoms with Crippen LogP contribution in [0.5, 0.6) is 11.5 Å². The summed E-state index contributed by atoms with van der Waals surface area (Å²) >= 11 is 12.5. The highest BCUT2D eigenvalue weighted by atomic mass is 35.5. The summed E-state index contributed by atoms with van der Waals surface area (Å²) in [4.78, 5) is -0.00324. The van der Waals surface area contributed by atoms with Crippen molar-refractivity contribution >= 4 is 33.0 Å². The van der Waals surface area contributed by atoms with Crippen molar-refractivity contribution < 1.29 is 27.4 Å². The van der Waals surface area contributed by atoms with E-state index < -0.39 is 22.4 Å². The van der Waals surface area contributed by atoms with E-state index in [1.54, 1.807) is 13.8 Å². The Bertz CT molecular complexity index is 1030. The number of hydrogen-bond acceptors (Lipinski definition) is 6. The minimum Gasteiger partial charge on any atom is -0.464 e. The van der Waals surface area contributed by atoms with E-state index in [1.165, 1.54) is 36.4 Å². The number of sulfone groups is 1. The van der Waals surface area contributed by atoms with Crippen molar-refractivity contribution in [3.63, 3.8) is 0 Å². The van der Waals surface area contributed by atoms with Crippen LogP contribution in [0.2, 0.25) is 10.0 Å². The number of rotatable bonds is 12. The molecule has 2 rings (SSSR count). The lowest BCUT2D eigenvalue weighted by molar-refractivity contribution is -0.0574. The summed E-state index contributed by atoms with van der Waals surface area (Å²) in [5.74, 6) is 0.603. The first-order chi connectivity index (χ1) is 15.4. The monoisotopic (exact) mass is 514 g/mol. The van der Waals surface area contributed by atoms with Crippen molar-refractivity contribution in [3.05, 3.63) is 70.7 Å². The lowest BCUT2D eigenvalue weighted by Crippen LogP contribution is -2.17. The molecule has 9 heteroatoms. The van der Waals surface area contributed by atoms with Gasteiger partial charge in [-0.25, -0.2) is 8.42 Å². The van der Waals surface area contributed by atoms with E-state index in [0.717, 1.165) is 11.1 Å².